The van der Waals surface area contributed by atoms with E-state index >= 15 is 0 Å². The van der Waals surface area contributed by atoms with Gasteiger partial charge in [-0.2, -0.15) is 0 Å². The van der Waals surface area contributed by atoms with Crippen LogP contribution >= 0.6 is 11.3 Å². The fourth-order valence-corrected chi connectivity index (χ4v) is 6.06. The Hall–Kier alpha value is -2.38. The maximum Gasteiger partial charge on any atom is 0.348 e. The summed E-state index contributed by atoms with van der Waals surface area (Å²) in [5, 5.41) is 10.1. The maximum atomic E-state index is 13.9. The zero-order chi connectivity index (χ0) is 23.5. The van der Waals surface area contributed by atoms with Crippen LogP contribution in [0.1, 0.15) is 55.1 Å². The summed E-state index contributed by atoms with van der Waals surface area (Å²) in [7, 11) is 3.72. The molecule has 7 heteroatoms. The number of hydrogen-bond donors (Lipinski definition) is 1. The second-order valence-electron chi connectivity index (χ2n) is 9.56. The highest BCUT2D eigenvalue weighted by Crippen LogP contribution is 2.41. The molecule has 1 aliphatic carbocycles. The van der Waals surface area contributed by atoms with Crippen LogP contribution < -0.4 is 9.64 Å². The molecule has 1 aromatic carbocycles. The first-order valence-electron chi connectivity index (χ1n) is 11.9. The highest BCUT2D eigenvalue weighted by Gasteiger charge is 2.37. The third-order valence-electron chi connectivity index (χ3n) is 7.20. The van der Waals surface area contributed by atoms with Crippen molar-refractivity contribution in [2.45, 2.75) is 51.5 Å². The van der Waals surface area contributed by atoms with E-state index in [2.05, 4.69) is 18.9 Å². The summed E-state index contributed by atoms with van der Waals surface area (Å²) < 4.78 is 5.26. The molecule has 4 rings (SSSR count). The minimum Gasteiger partial charge on any atom is -0.497 e. The van der Waals surface area contributed by atoms with Crippen LogP contribution in [-0.2, 0) is 4.79 Å². The average Bonchev–Trinajstić information content (AvgIpc) is 3.26. The number of nitrogens with zero attached hydrogens (tertiary/aromatic N) is 2. The van der Waals surface area contributed by atoms with Gasteiger partial charge in [-0.05, 0) is 100 Å². The molecule has 178 valence electrons. The van der Waals surface area contributed by atoms with Crippen molar-refractivity contribution in [3.63, 3.8) is 0 Å². The van der Waals surface area contributed by atoms with Crippen molar-refractivity contribution in [2.24, 2.45) is 11.8 Å². The highest BCUT2D eigenvalue weighted by molar-refractivity contribution is 7.18. The van der Waals surface area contributed by atoms with Gasteiger partial charge in [0.2, 0.25) is 5.91 Å². The molecule has 1 saturated heterocycles. The van der Waals surface area contributed by atoms with Gasteiger partial charge >= 0.3 is 5.97 Å². The molecule has 6 nitrogen and oxygen atoms in total. The number of rotatable bonds is 6. The fraction of sp³-hybridized carbons (Fsp3) is 0.538. The maximum absolute atomic E-state index is 13.9. The Kier molecular flexibility index (Phi) is 7.39. The second-order valence-corrected chi connectivity index (χ2v) is 10.6. The third kappa shape index (κ3) is 5.25. The Morgan fingerprint density at radius 3 is 2.27 bits per heavy atom. The predicted octanol–water partition coefficient (Wildman–Crippen LogP) is 5.38. The Morgan fingerprint density at radius 2 is 1.70 bits per heavy atom. The molecular weight excluding hydrogens is 436 g/mol. The smallest absolute Gasteiger partial charge is 0.348 e. The van der Waals surface area contributed by atoms with E-state index in [1.165, 1.54) is 11.3 Å². The Morgan fingerprint density at radius 1 is 1.06 bits per heavy atom. The lowest BCUT2D eigenvalue weighted by molar-refractivity contribution is -0.124. The number of amides is 1. The van der Waals surface area contributed by atoms with Crippen molar-refractivity contribution in [3.8, 4) is 16.2 Å². The van der Waals surface area contributed by atoms with E-state index in [4.69, 9.17) is 4.74 Å². The molecule has 0 atom stereocenters. The fourth-order valence-electron chi connectivity index (χ4n) is 5.06. The van der Waals surface area contributed by atoms with Gasteiger partial charge in [0.25, 0.3) is 0 Å². The number of anilines is 1. The summed E-state index contributed by atoms with van der Waals surface area (Å²) in [5.74, 6) is 0.523. The van der Waals surface area contributed by atoms with Gasteiger partial charge in [-0.15, -0.1) is 11.3 Å². The van der Waals surface area contributed by atoms with Crippen molar-refractivity contribution in [1.29, 1.82) is 0 Å². The van der Waals surface area contributed by atoms with Crippen molar-refractivity contribution >= 4 is 28.9 Å². The number of hydrogen-bond acceptors (Lipinski definition) is 5. The lowest BCUT2D eigenvalue weighted by atomic mass is 9.82. The zero-order valence-corrected chi connectivity index (χ0v) is 20.6. The number of carboxylic acid groups (broad SMARTS) is 1. The first-order valence-corrected chi connectivity index (χ1v) is 12.7. The lowest BCUT2D eigenvalue weighted by Gasteiger charge is -2.39. The third-order valence-corrected chi connectivity index (χ3v) is 8.36. The molecule has 2 aromatic rings. The number of ether oxygens (including phenoxy) is 1. The summed E-state index contributed by atoms with van der Waals surface area (Å²) in [6, 6.07) is 9.56. The van der Waals surface area contributed by atoms with Crippen LogP contribution in [0.5, 0.6) is 5.75 Å². The van der Waals surface area contributed by atoms with Gasteiger partial charge < -0.3 is 19.6 Å². The number of aromatic carboxylic acids is 1. The first-order chi connectivity index (χ1) is 15.9. The Bertz CT molecular complexity index is 971. The molecule has 2 fully saturated rings. The molecule has 0 spiro atoms. The van der Waals surface area contributed by atoms with Crippen LogP contribution in [0.25, 0.3) is 10.4 Å². The number of benzene rings is 1. The summed E-state index contributed by atoms with van der Waals surface area (Å²) in [5.41, 5.74) is 1.49. The molecule has 2 heterocycles. The van der Waals surface area contributed by atoms with Crippen LogP contribution in [0.2, 0.25) is 0 Å². The number of carbonyl (C=O) groups is 2. The number of thiophene rings is 1. The number of likely N-dealkylation sites (tertiary alicyclic amines) is 1. The number of piperidine rings is 1. The van der Waals surface area contributed by atoms with Gasteiger partial charge in [0.15, 0.2) is 0 Å². The molecule has 0 unspecified atom stereocenters. The molecule has 33 heavy (non-hydrogen) atoms. The van der Waals surface area contributed by atoms with Crippen molar-refractivity contribution < 1.29 is 19.4 Å². The Balaban J connectivity index is 1.72. The molecule has 1 N–H and O–H groups in total. The van der Waals surface area contributed by atoms with Gasteiger partial charge in [-0.25, -0.2) is 4.79 Å². The van der Waals surface area contributed by atoms with E-state index in [1.54, 1.807) is 7.11 Å². The van der Waals surface area contributed by atoms with Crippen LogP contribution in [0, 0.1) is 11.8 Å². The van der Waals surface area contributed by atoms with Gasteiger partial charge in [-0.3, -0.25) is 4.79 Å². The summed E-state index contributed by atoms with van der Waals surface area (Å²) in [6.45, 7) is 4.07. The number of methoxy groups -OCH3 is 1. The quantitative estimate of drug-likeness (QED) is 0.614. The molecule has 1 aromatic heterocycles. The minimum atomic E-state index is -0.974. The molecule has 1 aliphatic heterocycles. The average molecular weight is 471 g/mol. The monoisotopic (exact) mass is 470 g/mol. The second kappa shape index (κ2) is 10.3. The largest absolute Gasteiger partial charge is 0.497 e. The highest BCUT2D eigenvalue weighted by atomic mass is 32.1. The first kappa shape index (κ1) is 23.8. The van der Waals surface area contributed by atoms with E-state index in [0.29, 0.717) is 11.6 Å². The standard InChI is InChI=1S/C26H34N2O4S/c1-17-4-6-19(7-5-17)25(29)28(20-12-14-27(2)15-13-20)22-16-23(33-24(22)26(30)31)18-8-10-21(32-3)11-9-18/h8-11,16-17,19-20H,4-7,12-15H2,1-3H3,(H,30,31). The molecule has 1 saturated carbocycles. The molecule has 1 amide bonds. The van der Waals surface area contributed by atoms with Crippen LogP contribution in [0.4, 0.5) is 5.69 Å². The van der Waals surface area contributed by atoms with Crippen molar-refractivity contribution in [2.75, 3.05) is 32.1 Å². The van der Waals surface area contributed by atoms with Gasteiger partial charge in [-0.1, -0.05) is 6.92 Å². The summed E-state index contributed by atoms with van der Waals surface area (Å²) >= 11 is 1.25. The van der Waals surface area contributed by atoms with Crippen molar-refractivity contribution in [3.05, 3.63) is 35.2 Å². The molecule has 0 bridgehead atoms. The van der Waals surface area contributed by atoms with E-state index in [9.17, 15) is 14.7 Å². The van der Waals surface area contributed by atoms with E-state index in [0.717, 1.165) is 67.8 Å². The summed E-state index contributed by atoms with van der Waals surface area (Å²) in [4.78, 5) is 31.4. The van der Waals surface area contributed by atoms with Gasteiger partial charge in [0.05, 0.1) is 12.8 Å². The SMILES string of the molecule is COc1ccc(-c2cc(N(C(=O)C3CCC(C)CC3)C3CCN(C)CC3)c(C(=O)O)s2)cc1. The van der Waals surface area contributed by atoms with Gasteiger partial charge in [0.1, 0.15) is 10.6 Å². The van der Waals surface area contributed by atoms with Crippen LogP contribution in [0.3, 0.4) is 0 Å². The van der Waals surface area contributed by atoms with Crippen molar-refractivity contribution in [1.82, 2.24) is 4.90 Å². The molecule has 2 aliphatic rings. The summed E-state index contributed by atoms with van der Waals surface area (Å²) in [6.07, 6.45) is 5.62. The topological polar surface area (TPSA) is 70.1 Å². The zero-order valence-electron chi connectivity index (χ0n) is 19.8. The predicted molar refractivity (Wildman–Crippen MR) is 132 cm³/mol. The molecule has 0 radical (unpaired) electrons. The van der Waals surface area contributed by atoms with Crippen LogP contribution in [0.15, 0.2) is 30.3 Å². The van der Waals surface area contributed by atoms with E-state index in [1.807, 2.05) is 35.2 Å². The van der Waals surface area contributed by atoms with Crippen LogP contribution in [-0.4, -0.2) is 55.2 Å². The normalized spacial score (nSPS) is 22.2. The van der Waals surface area contributed by atoms with E-state index in [-0.39, 0.29) is 22.7 Å². The number of carboxylic acids is 1. The minimum absolute atomic E-state index is 0.0214. The van der Waals surface area contributed by atoms with E-state index < -0.39 is 5.97 Å². The number of carbonyl (C=O) groups excluding carboxylic acids is 1. The molecular formula is C26H34N2O4S. The Labute approximate surface area is 200 Å². The van der Waals surface area contributed by atoms with Gasteiger partial charge in [0, 0.05) is 16.8 Å². The lowest BCUT2D eigenvalue weighted by Crippen LogP contribution is -2.49.